The van der Waals surface area contributed by atoms with Crippen molar-refractivity contribution in [2.45, 2.75) is 45.3 Å². The normalized spacial score (nSPS) is 35.9. The first kappa shape index (κ1) is 12.8. The van der Waals surface area contributed by atoms with Crippen molar-refractivity contribution in [3.63, 3.8) is 0 Å². The summed E-state index contributed by atoms with van der Waals surface area (Å²) < 4.78 is 0. The van der Waals surface area contributed by atoms with Crippen LogP contribution in [-0.2, 0) is 4.79 Å². The fourth-order valence-corrected chi connectivity index (χ4v) is 2.96. The fourth-order valence-electron chi connectivity index (χ4n) is 2.96. The van der Waals surface area contributed by atoms with Gasteiger partial charge in [0.2, 0.25) is 5.91 Å². The second-order valence-electron chi connectivity index (χ2n) is 5.62. The van der Waals surface area contributed by atoms with Crippen molar-refractivity contribution in [3.05, 3.63) is 0 Å². The van der Waals surface area contributed by atoms with Crippen LogP contribution in [-0.4, -0.2) is 47.7 Å². The molecule has 0 aliphatic carbocycles. The minimum Gasteiger partial charge on any atom is -0.393 e. The molecule has 0 bridgehead atoms. The number of nitrogens with one attached hydrogen (secondary N) is 1. The lowest BCUT2D eigenvalue weighted by molar-refractivity contribution is -0.134. The molecule has 0 aromatic rings. The number of carbonyl (C=O) groups excluding carboxylic acids is 1. The molecule has 0 aromatic carbocycles. The summed E-state index contributed by atoms with van der Waals surface area (Å²) in [5.41, 5.74) is 0. The van der Waals surface area contributed by atoms with Gasteiger partial charge in [0, 0.05) is 19.0 Å². The average Bonchev–Trinajstić information content (AvgIpc) is 2.78. The Kier molecular flexibility index (Phi) is 4.05. The molecular weight excluding hydrogens is 216 g/mol. The van der Waals surface area contributed by atoms with Gasteiger partial charge in [-0.15, -0.1) is 0 Å². The number of aliphatic hydroxyl groups is 1. The van der Waals surface area contributed by atoms with Gasteiger partial charge in [0.05, 0.1) is 12.1 Å². The molecule has 0 saturated carbocycles. The number of aliphatic hydroxyl groups excluding tert-OH is 1. The van der Waals surface area contributed by atoms with Crippen LogP contribution in [0, 0.1) is 11.8 Å². The summed E-state index contributed by atoms with van der Waals surface area (Å²) in [5.74, 6) is 0.931. The van der Waals surface area contributed by atoms with Crippen molar-refractivity contribution in [2.75, 3.05) is 19.6 Å². The van der Waals surface area contributed by atoms with Crippen LogP contribution in [0.4, 0.5) is 0 Å². The number of hydrogen-bond acceptors (Lipinski definition) is 3. The third-order valence-corrected chi connectivity index (χ3v) is 4.25. The zero-order valence-electron chi connectivity index (χ0n) is 10.9. The Hall–Kier alpha value is -0.610. The van der Waals surface area contributed by atoms with E-state index in [0.29, 0.717) is 5.92 Å². The molecule has 0 radical (unpaired) electrons. The van der Waals surface area contributed by atoms with Gasteiger partial charge in [0.15, 0.2) is 0 Å². The monoisotopic (exact) mass is 240 g/mol. The molecule has 4 atom stereocenters. The van der Waals surface area contributed by atoms with Crippen LogP contribution >= 0.6 is 0 Å². The molecule has 98 valence electrons. The zero-order valence-corrected chi connectivity index (χ0v) is 10.9. The predicted octanol–water partition coefficient (Wildman–Crippen LogP) is 0.604. The second-order valence-corrected chi connectivity index (χ2v) is 5.62. The van der Waals surface area contributed by atoms with Gasteiger partial charge in [-0.25, -0.2) is 0 Å². The smallest absolute Gasteiger partial charge is 0.239 e. The number of nitrogens with zero attached hydrogens (tertiary/aromatic N) is 1. The summed E-state index contributed by atoms with van der Waals surface area (Å²) in [6.45, 7) is 6.45. The topological polar surface area (TPSA) is 52.6 Å². The van der Waals surface area contributed by atoms with Gasteiger partial charge in [-0.3, -0.25) is 4.79 Å². The first-order valence-corrected chi connectivity index (χ1v) is 6.80. The minimum atomic E-state index is -0.301. The third kappa shape index (κ3) is 2.80. The van der Waals surface area contributed by atoms with Crippen molar-refractivity contribution in [1.82, 2.24) is 10.2 Å². The van der Waals surface area contributed by atoms with Gasteiger partial charge < -0.3 is 15.3 Å². The molecule has 2 fully saturated rings. The van der Waals surface area contributed by atoms with E-state index in [0.717, 1.165) is 32.5 Å². The quantitative estimate of drug-likeness (QED) is 0.743. The van der Waals surface area contributed by atoms with Crippen molar-refractivity contribution >= 4 is 5.91 Å². The molecule has 4 heteroatoms. The van der Waals surface area contributed by atoms with Crippen molar-refractivity contribution < 1.29 is 9.90 Å². The summed E-state index contributed by atoms with van der Waals surface area (Å²) in [6.07, 6.45) is 2.94. The lowest BCUT2D eigenvalue weighted by Gasteiger charge is -2.32. The van der Waals surface area contributed by atoms with E-state index < -0.39 is 0 Å². The maximum Gasteiger partial charge on any atom is 0.239 e. The van der Waals surface area contributed by atoms with Gasteiger partial charge in [0.1, 0.15) is 0 Å². The zero-order chi connectivity index (χ0) is 12.4. The highest BCUT2D eigenvalue weighted by atomic mass is 16.3. The molecule has 2 rings (SSSR count). The van der Waals surface area contributed by atoms with E-state index in [2.05, 4.69) is 12.2 Å². The van der Waals surface area contributed by atoms with Crippen LogP contribution in [0.5, 0.6) is 0 Å². The van der Waals surface area contributed by atoms with Crippen LogP contribution in [0.3, 0.4) is 0 Å². The van der Waals surface area contributed by atoms with Gasteiger partial charge in [-0.05, 0) is 38.6 Å². The maximum atomic E-state index is 12.4. The molecule has 17 heavy (non-hydrogen) atoms. The Morgan fingerprint density at radius 3 is 2.82 bits per heavy atom. The number of piperidine rings is 1. The summed E-state index contributed by atoms with van der Waals surface area (Å²) in [5, 5.41) is 12.9. The van der Waals surface area contributed by atoms with E-state index >= 15 is 0 Å². The number of carbonyl (C=O) groups is 1. The Labute approximate surface area is 103 Å². The summed E-state index contributed by atoms with van der Waals surface area (Å²) in [4.78, 5) is 14.3. The maximum absolute atomic E-state index is 12.4. The van der Waals surface area contributed by atoms with E-state index in [9.17, 15) is 9.90 Å². The number of likely N-dealkylation sites (tertiary alicyclic amines) is 1. The molecule has 1 amide bonds. The Bertz CT molecular complexity index is 281. The van der Waals surface area contributed by atoms with E-state index in [1.165, 1.54) is 6.42 Å². The van der Waals surface area contributed by atoms with Crippen molar-refractivity contribution in [3.8, 4) is 0 Å². The SMILES string of the molecule is CC(O)C1CCN(C(=O)C2NCCCC2C)C1. The van der Waals surface area contributed by atoms with Crippen molar-refractivity contribution in [1.29, 1.82) is 0 Å². The number of rotatable bonds is 2. The second kappa shape index (κ2) is 5.36. The molecule has 2 aliphatic heterocycles. The minimum absolute atomic E-state index is 0.00324. The van der Waals surface area contributed by atoms with E-state index in [4.69, 9.17) is 0 Å². The largest absolute Gasteiger partial charge is 0.393 e. The molecule has 4 unspecified atom stereocenters. The Morgan fingerprint density at radius 2 is 2.24 bits per heavy atom. The molecule has 4 nitrogen and oxygen atoms in total. The molecule has 0 spiro atoms. The average molecular weight is 240 g/mol. The van der Waals surface area contributed by atoms with Crippen LogP contribution in [0.2, 0.25) is 0 Å². The van der Waals surface area contributed by atoms with Crippen molar-refractivity contribution in [2.24, 2.45) is 11.8 Å². The molecule has 2 N–H and O–H groups in total. The first-order valence-electron chi connectivity index (χ1n) is 6.80. The van der Waals surface area contributed by atoms with Crippen LogP contribution in [0.15, 0.2) is 0 Å². The lowest BCUT2D eigenvalue weighted by atomic mass is 9.92. The van der Waals surface area contributed by atoms with Gasteiger partial charge >= 0.3 is 0 Å². The number of amides is 1. The summed E-state index contributed by atoms with van der Waals surface area (Å²) >= 11 is 0. The van der Waals surface area contributed by atoms with Crippen LogP contribution in [0.25, 0.3) is 0 Å². The lowest BCUT2D eigenvalue weighted by Crippen LogP contribution is -2.51. The van der Waals surface area contributed by atoms with E-state index in [1.54, 1.807) is 0 Å². The highest BCUT2D eigenvalue weighted by molar-refractivity contribution is 5.82. The Morgan fingerprint density at radius 1 is 1.47 bits per heavy atom. The molecule has 0 aromatic heterocycles. The Balaban J connectivity index is 1.92. The standard InChI is InChI=1S/C13H24N2O2/c1-9-4-3-6-14-12(9)13(17)15-7-5-11(8-15)10(2)16/h9-12,14,16H,3-8H2,1-2H3. The first-order chi connectivity index (χ1) is 8.09. The van der Waals surface area contributed by atoms with E-state index in [1.807, 2.05) is 11.8 Å². The number of hydrogen-bond donors (Lipinski definition) is 2. The summed E-state index contributed by atoms with van der Waals surface area (Å²) in [6, 6.07) is -0.00324. The highest BCUT2D eigenvalue weighted by Gasteiger charge is 2.35. The van der Waals surface area contributed by atoms with Gasteiger partial charge in [-0.2, -0.15) is 0 Å². The summed E-state index contributed by atoms with van der Waals surface area (Å²) in [7, 11) is 0. The van der Waals surface area contributed by atoms with Crippen LogP contribution < -0.4 is 5.32 Å². The molecule has 2 aliphatic rings. The molecule has 2 saturated heterocycles. The molecular formula is C13H24N2O2. The predicted molar refractivity (Wildman–Crippen MR) is 66.6 cm³/mol. The fraction of sp³-hybridized carbons (Fsp3) is 0.923. The highest BCUT2D eigenvalue weighted by Crippen LogP contribution is 2.23. The van der Waals surface area contributed by atoms with Crippen LogP contribution in [0.1, 0.15) is 33.1 Å². The third-order valence-electron chi connectivity index (χ3n) is 4.25. The van der Waals surface area contributed by atoms with Gasteiger partial charge in [-0.1, -0.05) is 6.92 Å². The van der Waals surface area contributed by atoms with E-state index in [-0.39, 0.29) is 24.0 Å². The molecule has 2 heterocycles. The van der Waals surface area contributed by atoms with Gasteiger partial charge in [0.25, 0.3) is 0 Å².